The molecule has 1 aromatic rings. The van der Waals surface area contributed by atoms with Crippen molar-refractivity contribution < 1.29 is 5.11 Å². The van der Waals surface area contributed by atoms with Crippen LogP contribution in [0.15, 0.2) is 12.3 Å². The van der Waals surface area contributed by atoms with Gasteiger partial charge in [-0.15, -0.1) is 0 Å². The van der Waals surface area contributed by atoms with Gasteiger partial charge in [-0.05, 0) is 41.7 Å². The second-order valence-corrected chi connectivity index (χ2v) is 5.91. The number of hydrogen-bond donors (Lipinski definition) is 1. The number of nitrogens with zero attached hydrogens (tertiary/aromatic N) is 1. The van der Waals surface area contributed by atoms with Crippen LogP contribution in [0.3, 0.4) is 0 Å². The minimum absolute atomic E-state index is 0.0977. The van der Waals surface area contributed by atoms with Crippen LogP contribution in [0.2, 0.25) is 0 Å². The first-order valence-electron chi connectivity index (χ1n) is 6.08. The lowest BCUT2D eigenvalue weighted by atomic mass is 9.71. The molecule has 0 aliphatic heterocycles. The first-order chi connectivity index (χ1) is 7.50. The first kappa shape index (κ1) is 11.6. The minimum Gasteiger partial charge on any atom is -0.392 e. The van der Waals surface area contributed by atoms with Gasteiger partial charge in [0.15, 0.2) is 0 Å². The molecule has 0 bridgehead atoms. The third kappa shape index (κ3) is 2.27. The van der Waals surface area contributed by atoms with Gasteiger partial charge in [0.25, 0.3) is 0 Å². The van der Waals surface area contributed by atoms with Crippen molar-refractivity contribution in [3.8, 4) is 0 Å². The highest BCUT2D eigenvalue weighted by Gasteiger charge is 2.29. The van der Waals surface area contributed by atoms with Gasteiger partial charge in [0.2, 0.25) is 0 Å². The topological polar surface area (TPSA) is 33.1 Å². The van der Waals surface area contributed by atoms with E-state index in [0.717, 1.165) is 24.3 Å². The number of fused-ring (bicyclic) bond motifs is 1. The van der Waals surface area contributed by atoms with Gasteiger partial charge in [-0.3, -0.25) is 4.98 Å². The Morgan fingerprint density at radius 1 is 1.44 bits per heavy atom. The lowest BCUT2D eigenvalue weighted by Crippen LogP contribution is -2.27. The minimum atomic E-state index is 0.0977. The first-order valence-corrected chi connectivity index (χ1v) is 6.08. The predicted octanol–water partition coefficient (Wildman–Crippen LogP) is 2.72. The Morgan fingerprint density at radius 2 is 2.19 bits per heavy atom. The molecule has 1 unspecified atom stereocenters. The molecule has 0 saturated carbocycles. The molecule has 0 aromatic carbocycles. The summed E-state index contributed by atoms with van der Waals surface area (Å²) in [5.41, 5.74) is 3.89. The highest BCUT2D eigenvalue weighted by Crippen LogP contribution is 2.36. The quantitative estimate of drug-likeness (QED) is 0.787. The average molecular weight is 219 g/mol. The van der Waals surface area contributed by atoms with Crippen molar-refractivity contribution in [1.82, 2.24) is 4.98 Å². The molecule has 0 spiro atoms. The van der Waals surface area contributed by atoms with Gasteiger partial charge in [-0.2, -0.15) is 0 Å². The molecule has 1 aliphatic carbocycles. The van der Waals surface area contributed by atoms with Crippen LogP contribution in [0.25, 0.3) is 0 Å². The number of rotatable bonds is 1. The molecule has 0 radical (unpaired) electrons. The number of hydrogen-bond acceptors (Lipinski definition) is 2. The van der Waals surface area contributed by atoms with Crippen LogP contribution in [-0.4, -0.2) is 10.1 Å². The Balaban J connectivity index is 2.25. The van der Waals surface area contributed by atoms with Crippen molar-refractivity contribution >= 4 is 0 Å². The molecule has 0 fully saturated rings. The summed E-state index contributed by atoms with van der Waals surface area (Å²) in [6.45, 7) is 7.03. The third-order valence-electron chi connectivity index (χ3n) is 3.72. The molecule has 16 heavy (non-hydrogen) atoms. The zero-order valence-electron chi connectivity index (χ0n) is 10.5. The Labute approximate surface area is 97.7 Å². The zero-order valence-corrected chi connectivity index (χ0v) is 10.5. The number of aryl methyl sites for hydroxylation is 1. The maximum absolute atomic E-state index is 9.12. The summed E-state index contributed by atoms with van der Waals surface area (Å²) in [7, 11) is 0. The lowest BCUT2D eigenvalue weighted by molar-refractivity contribution is 0.214. The van der Waals surface area contributed by atoms with E-state index >= 15 is 0 Å². The summed E-state index contributed by atoms with van der Waals surface area (Å²) in [5.74, 6) is 0.732. The van der Waals surface area contributed by atoms with Gasteiger partial charge in [0, 0.05) is 11.9 Å². The number of aliphatic hydroxyl groups is 1. The maximum Gasteiger partial charge on any atom is 0.0696 e. The lowest BCUT2D eigenvalue weighted by Gasteiger charge is -2.34. The van der Waals surface area contributed by atoms with Gasteiger partial charge in [0.1, 0.15) is 0 Å². The van der Waals surface area contributed by atoms with E-state index in [-0.39, 0.29) is 6.61 Å². The Kier molecular flexibility index (Phi) is 3.02. The molecule has 0 saturated heterocycles. The van der Waals surface area contributed by atoms with Crippen LogP contribution in [-0.2, 0) is 19.4 Å². The predicted molar refractivity (Wildman–Crippen MR) is 65.1 cm³/mol. The number of aliphatic hydroxyl groups excluding tert-OH is 1. The Morgan fingerprint density at radius 3 is 2.81 bits per heavy atom. The van der Waals surface area contributed by atoms with Crippen LogP contribution >= 0.6 is 0 Å². The molecule has 0 amide bonds. The summed E-state index contributed by atoms with van der Waals surface area (Å²) < 4.78 is 0. The molecule has 2 nitrogen and oxygen atoms in total. The van der Waals surface area contributed by atoms with Crippen LogP contribution in [0, 0.1) is 11.3 Å². The van der Waals surface area contributed by atoms with E-state index in [1.54, 1.807) is 6.20 Å². The van der Waals surface area contributed by atoms with Crippen LogP contribution < -0.4 is 0 Å². The largest absolute Gasteiger partial charge is 0.392 e. The molecule has 1 aliphatic rings. The number of pyridine rings is 1. The van der Waals surface area contributed by atoms with E-state index in [0.29, 0.717) is 5.41 Å². The monoisotopic (exact) mass is 219 g/mol. The van der Waals surface area contributed by atoms with Crippen molar-refractivity contribution in [2.45, 2.75) is 46.6 Å². The standard InChI is InChI=1S/C14H21NO/c1-14(2,3)12-4-5-13-11(7-12)6-10(9-16)8-15-13/h6,8,12,16H,4-5,7,9H2,1-3H3. The van der Waals surface area contributed by atoms with Crippen molar-refractivity contribution in [2.24, 2.45) is 11.3 Å². The highest BCUT2D eigenvalue weighted by atomic mass is 16.3. The average Bonchev–Trinajstić information content (AvgIpc) is 2.26. The van der Waals surface area contributed by atoms with E-state index in [4.69, 9.17) is 5.11 Å². The normalized spacial score (nSPS) is 20.6. The van der Waals surface area contributed by atoms with Gasteiger partial charge in [-0.1, -0.05) is 26.8 Å². The Bertz CT molecular complexity index is 379. The third-order valence-corrected chi connectivity index (χ3v) is 3.72. The molecule has 1 atom stereocenters. The molecule has 1 N–H and O–H groups in total. The van der Waals surface area contributed by atoms with Crippen LogP contribution in [0.4, 0.5) is 0 Å². The summed E-state index contributed by atoms with van der Waals surface area (Å²) in [5, 5.41) is 9.12. The second kappa shape index (κ2) is 4.17. The van der Waals surface area contributed by atoms with E-state index < -0.39 is 0 Å². The molecule has 2 rings (SSSR count). The second-order valence-electron chi connectivity index (χ2n) is 5.91. The van der Waals surface area contributed by atoms with Crippen molar-refractivity contribution in [2.75, 3.05) is 0 Å². The van der Waals surface area contributed by atoms with Gasteiger partial charge < -0.3 is 5.11 Å². The molecule has 88 valence electrons. The summed E-state index contributed by atoms with van der Waals surface area (Å²) in [4.78, 5) is 4.45. The van der Waals surface area contributed by atoms with E-state index in [9.17, 15) is 0 Å². The van der Waals surface area contributed by atoms with Crippen molar-refractivity contribution in [3.63, 3.8) is 0 Å². The molecule has 1 aromatic heterocycles. The van der Waals surface area contributed by atoms with Gasteiger partial charge in [-0.25, -0.2) is 0 Å². The molecular weight excluding hydrogens is 198 g/mol. The fourth-order valence-electron chi connectivity index (χ4n) is 2.49. The van der Waals surface area contributed by atoms with E-state index in [1.807, 2.05) is 0 Å². The molecule has 2 heteroatoms. The van der Waals surface area contributed by atoms with Crippen LogP contribution in [0.1, 0.15) is 44.0 Å². The maximum atomic E-state index is 9.12. The smallest absolute Gasteiger partial charge is 0.0696 e. The fourth-order valence-corrected chi connectivity index (χ4v) is 2.49. The van der Waals surface area contributed by atoms with Crippen molar-refractivity contribution in [3.05, 3.63) is 29.1 Å². The highest BCUT2D eigenvalue weighted by molar-refractivity contribution is 5.28. The van der Waals surface area contributed by atoms with Gasteiger partial charge >= 0.3 is 0 Å². The summed E-state index contributed by atoms with van der Waals surface area (Å²) >= 11 is 0. The van der Waals surface area contributed by atoms with E-state index in [1.165, 1.54) is 17.7 Å². The molecular formula is C14H21NO. The van der Waals surface area contributed by atoms with Crippen LogP contribution in [0.5, 0.6) is 0 Å². The Hall–Kier alpha value is -0.890. The summed E-state index contributed by atoms with van der Waals surface area (Å²) in [6, 6.07) is 2.13. The summed E-state index contributed by atoms with van der Waals surface area (Å²) in [6.07, 6.45) is 5.24. The zero-order chi connectivity index (χ0) is 11.8. The van der Waals surface area contributed by atoms with Gasteiger partial charge in [0.05, 0.1) is 6.61 Å². The van der Waals surface area contributed by atoms with Crippen molar-refractivity contribution in [1.29, 1.82) is 0 Å². The van der Waals surface area contributed by atoms with E-state index in [2.05, 4.69) is 31.8 Å². The number of aromatic nitrogens is 1. The fraction of sp³-hybridized carbons (Fsp3) is 0.643. The SMILES string of the molecule is CC(C)(C)C1CCc2ncc(CO)cc2C1. The molecule has 1 heterocycles.